The van der Waals surface area contributed by atoms with Crippen molar-refractivity contribution in [1.29, 1.82) is 10.5 Å². The van der Waals surface area contributed by atoms with Crippen molar-refractivity contribution < 1.29 is 4.79 Å². The zero-order chi connectivity index (χ0) is 24.2. The largest absolute Gasteiger partial charge is 0.340 e. The Hall–Kier alpha value is -4.32. The molecule has 0 aliphatic carbocycles. The third-order valence-electron chi connectivity index (χ3n) is 5.83. The van der Waals surface area contributed by atoms with Crippen LogP contribution in [-0.4, -0.2) is 10.5 Å². The van der Waals surface area contributed by atoms with Gasteiger partial charge in [0.15, 0.2) is 0 Å². The highest BCUT2D eigenvalue weighted by atomic mass is 35.5. The molecule has 34 heavy (non-hydrogen) atoms. The van der Waals surface area contributed by atoms with Gasteiger partial charge in [-0.15, -0.1) is 0 Å². The summed E-state index contributed by atoms with van der Waals surface area (Å²) in [7, 11) is 0. The predicted octanol–water partition coefficient (Wildman–Crippen LogP) is 6.38. The Morgan fingerprint density at radius 1 is 1.06 bits per heavy atom. The number of nitrogens with one attached hydrogen (secondary N) is 1. The Morgan fingerprint density at radius 3 is 2.53 bits per heavy atom. The van der Waals surface area contributed by atoms with Crippen molar-refractivity contribution in [3.63, 3.8) is 0 Å². The van der Waals surface area contributed by atoms with Crippen molar-refractivity contribution >= 4 is 40.2 Å². The van der Waals surface area contributed by atoms with Gasteiger partial charge in [-0.25, -0.2) is 0 Å². The maximum atomic E-state index is 12.9. The number of hydrogen-bond acceptors (Lipinski definition) is 3. The fraction of sp³-hybridized carbons (Fsp3) is 0.107. The maximum absolute atomic E-state index is 12.9. The van der Waals surface area contributed by atoms with Gasteiger partial charge in [0.2, 0.25) is 0 Å². The number of aromatic nitrogens is 1. The molecule has 0 saturated heterocycles. The molecule has 1 N–H and O–H groups in total. The monoisotopic (exact) mass is 464 g/mol. The van der Waals surface area contributed by atoms with E-state index in [1.165, 1.54) is 0 Å². The van der Waals surface area contributed by atoms with Gasteiger partial charge in [-0.1, -0.05) is 54.1 Å². The van der Waals surface area contributed by atoms with Gasteiger partial charge in [0.05, 0.1) is 11.6 Å². The summed E-state index contributed by atoms with van der Waals surface area (Å²) < 4.78 is 2.10. The predicted molar refractivity (Wildman–Crippen MR) is 135 cm³/mol. The fourth-order valence-electron chi connectivity index (χ4n) is 3.94. The highest BCUT2D eigenvalue weighted by molar-refractivity contribution is 6.31. The lowest BCUT2D eigenvalue weighted by Crippen LogP contribution is -2.13. The molecule has 3 aromatic carbocycles. The van der Waals surface area contributed by atoms with Gasteiger partial charge in [0.1, 0.15) is 11.6 Å². The number of fused-ring (bicyclic) bond motifs is 1. The van der Waals surface area contributed by atoms with Crippen LogP contribution in [0.5, 0.6) is 0 Å². The Labute approximate surface area is 203 Å². The molecule has 1 amide bonds. The van der Waals surface area contributed by atoms with Crippen LogP contribution in [0.25, 0.3) is 17.0 Å². The maximum Gasteiger partial charge on any atom is 0.266 e. The molecule has 0 aliphatic rings. The number of carbonyl (C=O) groups excluding carboxylic acids is 1. The molecule has 6 heteroatoms. The second-order valence-corrected chi connectivity index (χ2v) is 8.37. The Bertz CT molecular complexity index is 1530. The minimum Gasteiger partial charge on any atom is -0.340 e. The van der Waals surface area contributed by atoms with E-state index >= 15 is 0 Å². The number of halogens is 1. The third-order valence-corrected chi connectivity index (χ3v) is 6.24. The van der Waals surface area contributed by atoms with Crippen LogP contribution in [0.4, 0.5) is 5.69 Å². The van der Waals surface area contributed by atoms with E-state index in [2.05, 4.69) is 16.0 Å². The topological polar surface area (TPSA) is 81.6 Å². The normalized spacial score (nSPS) is 11.1. The molecular weight excluding hydrogens is 444 g/mol. The van der Waals surface area contributed by atoms with Crippen LogP contribution >= 0.6 is 11.6 Å². The average Bonchev–Trinajstić information content (AvgIpc) is 3.10. The van der Waals surface area contributed by atoms with Crippen molar-refractivity contribution in [2.75, 3.05) is 5.32 Å². The zero-order valence-electron chi connectivity index (χ0n) is 18.8. The molecule has 5 nitrogen and oxygen atoms in total. The van der Waals surface area contributed by atoms with Gasteiger partial charge in [0, 0.05) is 39.4 Å². The first kappa shape index (κ1) is 22.9. The number of carbonyl (C=O) groups is 1. The Kier molecular flexibility index (Phi) is 6.50. The fourth-order valence-corrected chi connectivity index (χ4v) is 4.12. The molecular formula is C28H21ClN4O. The molecule has 1 aromatic heterocycles. The minimum absolute atomic E-state index is 0.0138. The van der Waals surface area contributed by atoms with Crippen LogP contribution < -0.4 is 5.32 Å². The number of aryl methyl sites for hydroxylation is 1. The molecule has 0 aliphatic heterocycles. The number of hydrogen-bond donors (Lipinski definition) is 1. The molecule has 0 spiro atoms. The van der Waals surface area contributed by atoms with Crippen molar-refractivity contribution in [2.45, 2.75) is 20.4 Å². The first-order chi connectivity index (χ1) is 16.4. The molecule has 0 fully saturated rings. The molecule has 1 heterocycles. The number of amides is 1. The standard InChI is InChI=1S/C28H21ClN4O/c1-18-11-12-23(14-26(18)29)32-28(34)22(16-31)13-25-19(2)33(27-10-6-5-9-24(25)27)17-21-8-4-3-7-20(21)15-30/h3-14H,17H2,1-2H3,(H,32,34)/b22-13-. The van der Waals surface area contributed by atoms with Gasteiger partial charge in [-0.05, 0) is 55.3 Å². The van der Waals surface area contributed by atoms with Crippen LogP contribution in [0, 0.1) is 36.5 Å². The summed E-state index contributed by atoms with van der Waals surface area (Å²) in [6.07, 6.45) is 1.62. The molecule has 0 bridgehead atoms. The average molecular weight is 465 g/mol. The first-order valence-corrected chi connectivity index (χ1v) is 11.1. The van der Waals surface area contributed by atoms with Gasteiger partial charge in [-0.3, -0.25) is 4.79 Å². The van der Waals surface area contributed by atoms with Gasteiger partial charge >= 0.3 is 0 Å². The lowest BCUT2D eigenvalue weighted by atomic mass is 10.1. The summed E-state index contributed by atoms with van der Waals surface area (Å²) in [5.74, 6) is -0.506. The van der Waals surface area contributed by atoms with E-state index in [0.29, 0.717) is 22.8 Å². The highest BCUT2D eigenvalue weighted by Crippen LogP contribution is 2.29. The highest BCUT2D eigenvalue weighted by Gasteiger charge is 2.17. The Balaban J connectivity index is 1.75. The van der Waals surface area contributed by atoms with Gasteiger partial charge in [-0.2, -0.15) is 10.5 Å². The van der Waals surface area contributed by atoms with Crippen molar-refractivity contribution in [2.24, 2.45) is 0 Å². The van der Waals surface area contributed by atoms with Crippen LogP contribution in [0.2, 0.25) is 5.02 Å². The number of para-hydroxylation sites is 1. The number of anilines is 1. The van der Waals surface area contributed by atoms with E-state index in [4.69, 9.17) is 11.6 Å². The van der Waals surface area contributed by atoms with Crippen LogP contribution in [-0.2, 0) is 11.3 Å². The second kappa shape index (κ2) is 9.67. The summed E-state index contributed by atoms with van der Waals surface area (Å²) in [6, 6.07) is 24.8. The quantitative estimate of drug-likeness (QED) is 0.275. The molecule has 4 rings (SSSR count). The van der Waals surface area contributed by atoms with E-state index < -0.39 is 5.91 Å². The van der Waals surface area contributed by atoms with Crippen molar-refractivity contribution in [1.82, 2.24) is 4.57 Å². The van der Waals surface area contributed by atoms with E-state index in [1.807, 2.05) is 68.4 Å². The number of benzene rings is 3. The molecule has 0 radical (unpaired) electrons. The summed E-state index contributed by atoms with van der Waals surface area (Å²) >= 11 is 6.16. The number of nitrogens with zero attached hydrogens (tertiary/aromatic N) is 3. The molecule has 0 atom stereocenters. The Morgan fingerprint density at radius 2 is 1.79 bits per heavy atom. The zero-order valence-corrected chi connectivity index (χ0v) is 19.5. The summed E-state index contributed by atoms with van der Waals surface area (Å²) in [4.78, 5) is 12.9. The second-order valence-electron chi connectivity index (χ2n) is 7.96. The molecule has 0 saturated carbocycles. The summed E-state index contributed by atoms with van der Waals surface area (Å²) in [5.41, 5.74) is 5.57. The molecule has 0 unspecified atom stereocenters. The van der Waals surface area contributed by atoms with Gasteiger partial charge in [0.25, 0.3) is 5.91 Å². The van der Waals surface area contributed by atoms with E-state index in [0.717, 1.165) is 33.3 Å². The summed E-state index contributed by atoms with van der Waals surface area (Å²) in [6.45, 7) is 4.33. The van der Waals surface area contributed by atoms with Crippen molar-refractivity contribution in [3.8, 4) is 12.1 Å². The van der Waals surface area contributed by atoms with Crippen LogP contribution in [0.1, 0.15) is 27.9 Å². The van der Waals surface area contributed by atoms with Gasteiger partial charge < -0.3 is 9.88 Å². The van der Waals surface area contributed by atoms with Crippen LogP contribution in [0.3, 0.4) is 0 Å². The summed E-state index contributed by atoms with van der Waals surface area (Å²) in [5, 5.41) is 23.5. The van der Waals surface area contributed by atoms with Crippen LogP contribution in [0.15, 0.2) is 72.3 Å². The smallest absolute Gasteiger partial charge is 0.266 e. The molecule has 166 valence electrons. The minimum atomic E-state index is -0.506. The number of rotatable bonds is 5. The first-order valence-electron chi connectivity index (χ1n) is 10.7. The lowest BCUT2D eigenvalue weighted by Gasteiger charge is -2.10. The number of nitriles is 2. The SMILES string of the molecule is Cc1ccc(NC(=O)/C(C#N)=C\c2c(C)n(Cc3ccccc3C#N)c3ccccc23)cc1Cl. The van der Waals surface area contributed by atoms with Crippen molar-refractivity contribution in [3.05, 3.63) is 105 Å². The lowest BCUT2D eigenvalue weighted by molar-refractivity contribution is -0.112. The molecule has 4 aromatic rings. The van der Waals surface area contributed by atoms with E-state index in [-0.39, 0.29) is 5.57 Å². The third kappa shape index (κ3) is 4.43. The van der Waals surface area contributed by atoms with E-state index in [1.54, 1.807) is 24.3 Å². The van der Waals surface area contributed by atoms with E-state index in [9.17, 15) is 15.3 Å².